The number of nitrogens with zero attached hydrogens (tertiary/aromatic N) is 2. The van der Waals surface area contributed by atoms with E-state index >= 15 is 0 Å². The second-order valence-electron chi connectivity index (χ2n) is 5.60. The lowest BCUT2D eigenvalue weighted by molar-refractivity contribution is -0.118. The third-order valence-corrected chi connectivity index (χ3v) is 3.97. The van der Waals surface area contributed by atoms with Crippen LogP contribution < -0.4 is 5.32 Å². The zero-order chi connectivity index (χ0) is 15.4. The Hall–Kier alpha value is -2.61. The van der Waals surface area contributed by atoms with Crippen LogP contribution in [0, 0.1) is 11.3 Å². The molecule has 0 spiro atoms. The number of carbonyl (C=O) groups is 1. The third-order valence-electron chi connectivity index (χ3n) is 3.97. The van der Waals surface area contributed by atoms with E-state index in [4.69, 9.17) is 4.42 Å². The molecule has 1 fully saturated rings. The molecule has 1 aromatic carbocycles. The van der Waals surface area contributed by atoms with Crippen molar-refractivity contribution < 1.29 is 9.21 Å². The summed E-state index contributed by atoms with van der Waals surface area (Å²) in [5.74, 6) is 0.0942. The SMILES string of the molecule is N#CC1(NC(=O)/C=C/c2nc3ccccc3o2)CCCCC1. The number of oxazole rings is 1. The molecule has 5 heteroatoms. The Bertz CT molecular complexity index is 716. The summed E-state index contributed by atoms with van der Waals surface area (Å²) < 4.78 is 5.52. The topological polar surface area (TPSA) is 78.9 Å². The monoisotopic (exact) mass is 295 g/mol. The van der Waals surface area contributed by atoms with Gasteiger partial charge >= 0.3 is 0 Å². The zero-order valence-corrected chi connectivity index (χ0v) is 12.2. The van der Waals surface area contributed by atoms with Gasteiger partial charge in [-0.15, -0.1) is 0 Å². The van der Waals surface area contributed by atoms with Crippen LogP contribution >= 0.6 is 0 Å². The van der Waals surface area contributed by atoms with Gasteiger partial charge in [0.05, 0.1) is 6.07 Å². The average Bonchev–Trinajstić information content (AvgIpc) is 2.97. The van der Waals surface area contributed by atoms with Crippen LogP contribution in [0.5, 0.6) is 0 Å². The Morgan fingerprint density at radius 2 is 2.09 bits per heavy atom. The van der Waals surface area contributed by atoms with E-state index in [0.717, 1.165) is 24.8 Å². The van der Waals surface area contributed by atoms with Crippen molar-refractivity contribution in [2.24, 2.45) is 0 Å². The molecule has 3 rings (SSSR count). The van der Waals surface area contributed by atoms with E-state index in [2.05, 4.69) is 16.4 Å². The van der Waals surface area contributed by atoms with Gasteiger partial charge in [-0.3, -0.25) is 4.79 Å². The van der Waals surface area contributed by atoms with Crippen LogP contribution in [0.15, 0.2) is 34.8 Å². The fraction of sp³-hybridized carbons (Fsp3) is 0.353. The van der Waals surface area contributed by atoms with Crippen LogP contribution in [0.2, 0.25) is 0 Å². The van der Waals surface area contributed by atoms with Crippen LogP contribution in [0.3, 0.4) is 0 Å². The van der Waals surface area contributed by atoms with Gasteiger partial charge in [0.15, 0.2) is 5.58 Å². The third kappa shape index (κ3) is 3.01. The number of aromatic nitrogens is 1. The summed E-state index contributed by atoms with van der Waals surface area (Å²) in [5.41, 5.74) is 0.715. The quantitative estimate of drug-likeness (QED) is 0.882. The first kappa shape index (κ1) is 14.3. The predicted octanol–water partition coefficient (Wildman–Crippen LogP) is 3.18. The van der Waals surface area contributed by atoms with E-state index in [1.807, 2.05) is 24.3 Å². The van der Waals surface area contributed by atoms with Crippen molar-refractivity contribution in [3.63, 3.8) is 0 Å². The van der Waals surface area contributed by atoms with Crippen LogP contribution in [-0.2, 0) is 4.79 Å². The highest BCUT2D eigenvalue weighted by Gasteiger charge is 2.32. The maximum atomic E-state index is 12.0. The highest BCUT2D eigenvalue weighted by molar-refractivity contribution is 5.92. The minimum Gasteiger partial charge on any atom is -0.437 e. The molecule has 1 N–H and O–H groups in total. The zero-order valence-electron chi connectivity index (χ0n) is 12.2. The van der Waals surface area contributed by atoms with Crippen molar-refractivity contribution in [1.82, 2.24) is 10.3 Å². The van der Waals surface area contributed by atoms with Gasteiger partial charge in [-0.25, -0.2) is 4.98 Å². The van der Waals surface area contributed by atoms with E-state index in [-0.39, 0.29) is 5.91 Å². The van der Waals surface area contributed by atoms with Crippen molar-refractivity contribution in [2.45, 2.75) is 37.6 Å². The van der Waals surface area contributed by atoms with Gasteiger partial charge in [0.2, 0.25) is 11.8 Å². The van der Waals surface area contributed by atoms with Crippen molar-refractivity contribution >= 4 is 23.1 Å². The molecular formula is C17H17N3O2. The van der Waals surface area contributed by atoms with Crippen molar-refractivity contribution in [3.8, 4) is 6.07 Å². The van der Waals surface area contributed by atoms with E-state index in [0.29, 0.717) is 24.3 Å². The summed E-state index contributed by atoms with van der Waals surface area (Å²) in [6, 6.07) is 9.69. The van der Waals surface area contributed by atoms with Crippen molar-refractivity contribution in [1.29, 1.82) is 5.26 Å². The Kier molecular flexibility index (Phi) is 3.92. The molecule has 5 nitrogen and oxygen atoms in total. The first-order valence-electron chi connectivity index (χ1n) is 7.48. The normalized spacial score (nSPS) is 17.4. The number of amides is 1. The Labute approximate surface area is 128 Å². The molecule has 0 radical (unpaired) electrons. The Morgan fingerprint density at radius 1 is 1.32 bits per heavy atom. The average molecular weight is 295 g/mol. The molecule has 0 unspecified atom stereocenters. The molecule has 0 saturated heterocycles. The lowest BCUT2D eigenvalue weighted by atomic mass is 9.83. The predicted molar refractivity (Wildman–Crippen MR) is 82.6 cm³/mol. The van der Waals surface area contributed by atoms with Crippen LogP contribution in [0.4, 0.5) is 0 Å². The fourth-order valence-corrected chi connectivity index (χ4v) is 2.81. The minimum absolute atomic E-state index is 0.286. The molecule has 1 saturated carbocycles. The lowest BCUT2D eigenvalue weighted by Gasteiger charge is -2.30. The molecule has 1 aliphatic carbocycles. The summed E-state index contributed by atoms with van der Waals surface area (Å²) in [4.78, 5) is 16.3. The van der Waals surface area contributed by atoms with E-state index in [1.54, 1.807) is 0 Å². The summed E-state index contributed by atoms with van der Waals surface area (Å²) >= 11 is 0. The first-order chi connectivity index (χ1) is 10.7. The van der Waals surface area contributed by atoms with E-state index < -0.39 is 5.54 Å². The molecule has 1 heterocycles. The number of hydrogen-bond donors (Lipinski definition) is 1. The molecular weight excluding hydrogens is 278 g/mol. The number of rotatable bonds is 3. The van der Waals surface area contributed by atoms with Gasteiger partial charge in [0, 0.05) is 12.2 Å². The smallest absolute Gasteiger partial charge is 0.245 e. The van der Waals surface area contributed by atoms with Gasteiger partial charge in [-0.1, -0.05) is 31.4 Å². The largest absolute Gasteiger partial charge is 0.437 e. The molecule has 0 atom stereocenters. The molecule has 2 aromatic rings. The van der Waals surface area contributed by atoms with Crippen LogP contribution in [-0.4, -0.2) is 16.4 Å². The number of para-hydroxylation sites is 2. The molecule has 1 amide bonds. The van der Waals surface area contributed by atoms with Gasteiger partial charge < -0.3 is 9.73 Å². The Balaban J connectivity index is 1.69. The van der Waals surface area contributed by atoms with Gasteiger partial charge in [0.1, 0.15) is 11.1 Å². The number of carbonyl (C=O) groups excluding carboxylic acids is 1. The fourth-order valence-electron chi connectivity index (χ4n) is 2.81. The number of nitrogens with one attached hydrogen (secondary N) is 1. The number of hydrogen-bond acceptors (Lipinski definition) is 4. The minimum atomic E-state index is -0.721. The highest BCUT2D eigenvalue weighted by atomic mass is 16.3. The molecule has 0 aliphatic heterocycles. The number of benzene rings is 1. The maximum Gasteiger partial charge on any atom is 0.245 e. The van der Waals surface area contributed by atoms with Gasteiger partial charge in [0.25, 0.3) is 0 Å². The lowest BCUT2D eigenvalue weighted by Crippen LogP contribution is -2.48. The van der Waals surface area contributed by atoms with E-state index in [9.17, 15) is 10.1 Å². The Morgan fingerprint density at radius 3 is 2.82 bits per heavy atom. The van der Waals surface area contributed by atoms with Crippen LogP contribution in [0.25, 0.3) is 17.2 Å². The highest BCUT2D eigenvalue weighted by Crippen LogP contribution is 2.27. The maximum absolute atomic E-state index is 12.0. The molecule has 112 valence electrons. The second kappa shape index (κ2) is 6.02. The summed E-state index contributed by atoms with van der Waals surface area (Å²) in [6.45, 7) is 0. The molecule has 1 aliphatic rings. The van der Waals surface area contributed by atoms with E-state index in [1.165, 1.54) is 12.2 Å². The van der Waals surface area contributed by atoms with Crippen molar-refractivity contribution in [2.75, 3.05) is 0 Å². The molecule has 22 heavy (non-hydrogen) atoms. The van der Waals surface area contributed by atoms with Gasteiger partial charge in [-0.05, 0) is 25.0 Å². The number of nitriles is 1. The van der Waals surface area contributed by atoms with Gasteiger partial charge in [-0.2, -0.15) is 5.26 Å². The summed E-state index contributed by atoms with van der Waals surface area (Å²) in [5, 5.41) is 12.2. The number of fused-ring (bicyclic) bond motifs is 1. The summed E-state index contributed by atoms with van der Waals surface area (Å²) in [7, 11) is 0. The standard InChI is InChI=1S/C17H17N3O2/c18-12-17(10-4-1-5-11-17)20-15(21)8-9-16-19-13-6-2-3-7-14(13)22-16/h2-3,6-9H,1,4-5,10-11H2,(H,20,21)/b9-8+. The first-order valence-corrected chi connectivity index (χ1v) is 7.48. The molecule has 1 aromatic heterocycles. The second-order valence-corrected chi connectivity index (χ2v) is 5.60. The molecule has 0 bridgehead atoms. The van der Waals surface area contributed by atoms with Crippen molar-refractivity contribution in [3.05, 3.63) is 36.2 Å². The van der Waals surface area contributed by atoms with Crippen LogP contribution in [0.1, 0.15) is 38.0 Å². The summed E-state index contributed by atoms with van der Waals surface area (Å²) in [6.07, 6.45) is 7.41.